The molecule has 1 heterocycles. The lowest BCUT2D eigenvalue weighted by Crippen LogP contribution is -2.10. The van der Waals surface area contributed by atoms with Gasteiger partial charge in [0.25, 0.3) is 0 Å². The van der Waals surface area contributed by atoms with E-state index in [0.717, 1.165) is 28.5 Å². The van der Waals surface area contributed by atoms with E-state index in [0.29, 0.717) is 6.04 Å². The van der Waals surface area contributed by atoms with E-state index in [1.54, 1.807) is 45.0 Å². The molecule has 0 atom stereocenters. The molecule has 0 unspecified atom stereocenters. The predicted molar refractivity (Wildman–Crippen MR) is 114 cm³/mol. The van der Waals surface area contributed by atoms with Crippen molar-refractivity contribution in [2.75, 3.05) is 24.8 Å². The summed E-state index contributed by atoms with van der Waals surface area (Å²) >= 11 is 0. The first-order valence-corrected chi connectivity index (χ1v) is 8.82. The van der Waals surface area contributed by atoms with Crippen LogP contribution in [0.25, 0.3) is 0 Å². The first-order chi connectivity index (χ1) is 13.0. The third kappa shape index (κ3) is 6.26. The van der Waals surface area contributed by atoms with Gasteiger partial charge in [0, 0.05) is 42.9 Å². The molecule has 1 aromatic carbocycles. The van der Waals surface area contributed by atoms with E-state index in [2.05, 4.69) is 58.5 Å². The van der Waals surface area contributed by atoms with Gasteiger partial charge in [0.15, 0.2) is 0 Å². The number of aromatic nitrogens is 1. The number of aryl methyl sites for hydroxylation is 1. The Morgan fingerprint density at radius 2 is 2.04 bits per heavy atom. The molecule has 0 bridgehead atoms. The maximum absolute atomic E-state index is 5.22. The molecule has 0 aliphatic heterocycles. The molecule has 2 N–H and O–H groups in total. The topological polar surface area (TPSA) is 70.9 Å². The van der Waals surface area contributed by atoms with E-state index in [9.17, 15) is 0 Å². The van der Waals surface area contributed by atoms with Gasteiger partial charge in [-0.1, -0.05) is 0 Å². The van der Waals surface area contributed by atoms with Crippen LogP contribution in [-0.2, 0) is 0 Å². The third-order valence-corrected chi connectivity index (χ3v) is 3.77. The average molecular weight is 365 g/mol. The molecule has 27 heavy (non-hydrogen) atoms. The maximum Gasteiger partial charge on any atom is 0.122 e. The summed E-state index contributed by atoms with van der Waals surface area (Å²) in [5, 5.41) is 6.59. The minimum Gasteiger partial charge on any atom is -0.497 e. The van der Waals surface area contributed by atoms with E-state index in [-0.39, 0.29) is 0 Å². The number of nitrogens with one attached hydrogen (secondary N) is 2. The molecule has 1 aromatic heterocycles. The highest BCUT2D eigenvalue weighted by Gasteiger charge is 2.02. The SMILES string of the molecule is CN=C(C=CN=CNc1ccc(NC(C)C)c(C)c1)c1cc(OC)ccn1. The molecule has 142 valence electrons. The number of benzene rings is 1. The Kier molecular flexibility index (Phi) is 7.55. The molecule has 2 aromatic rings. The summed E-state index contributed by atoms with van der Waals surface area (Å²) in [5.41, 5.74) is 4.77. The quantitative estimate of drug-likeness (QED) is 0.541. The van der Waals surface area contributed by atoms with Crippen LogP contribution in [0.2, 0.25) is 0 Å². The van der Waals surface area contributed by atoms with Crippen LogP contribution < -0.4 is 15.4 Å². The highest BCUT2D eigenvalue weighted by molar-refractivity contribution is 6.07. The van der Waals surface area contributed by atoms with Crippen LogP contribution in [0.1, 0.15) is 25.1 Å². The van der Waals surface area contributed by atoms with Crippen LogP contribution in [0.3, 0.4) is 0 Å². The lowest BCUT2D eigenvalue weighted by atomic mass is 10.1. The number of methoxy groups -OCH3 is 1. The zero-order valence-corrected chi connectivity index (χ0v) is 16.5. The minimum absolute atomic E-state index is 0.405. The second-order valence-electron chi connectivity index (χ2n) is 6.26. The van der Waals surface area contributed by atoms with E-state index in [1.165, 1.54) is 5.56 Å². The van der Waals surface area contributed by atoms with Gasteiger partial charge < -0.3 is 15.4 Å². The smallest absolute Gasteiger partial charge is 0.122 e. The van der Waals surface area contributed by atoms with Crippen LogP contribution in [0.15, 0.2) is 58.8 Å². The molecule has 0 amide bonds. The summed E-state index contributed by atoms with van der Waals surface area (Å²) in [6.45, 7) is 6.33. The molecule has 6 heteroatoms. The molecule has 0 aliphatic carbocycles. The molecule has 0 saturated heterocycles. The highest BCUT2D eigenvalue weighted by Crippen LogP contribution is 2.20. The Hall–Kier alpha value is -3.15. The molecular formula is C21H27N5O. The second-order valence-corrected chi connectivity index (χ2v) is 6.26. The van der Waals surface area contributed by atoms with Gasteiger partial charge in [0.2, 0.25) is 0 Å². The van der Waals surface area contributed by atoms with Crippen molar-refractivity contribution in [2.24, 2.45) is 9.98 Å². The summed E-state index contributed by atoms with van der Waals surface area (Å²) in [6.07, 6.45) is 6.82. The van der Waals surface area contributed by atoms with Gasteiger partial charge in [-0.05, 0) is 56.7 Å². The zero-order chi connectivity index (χ0) is 19.6. The monoisotopic (exact) mass is 365 g/mol. The number of aliphatic imine (C=N–C) groups is 2. The molecule has 0 fully saturated rings. The van der Waals surface area contributed by atoms with Gasteiger partial charge >= 0.3 is 0 Å². The summed E-state index contributed by atoms with van der Waals surface area (Å²) < 4.78 is 5.22. The summed E-state index contributed by atoms with van der Waals surface area (Å²) in [5.74, 6) is 0.741. The molecule has 0 aliphatic rings. The van der Waals surface area contributed by atoms with Crippen molar-refractivity contribution in [1.82, 2.24) is 4.98 Å². The number of allylic oxidation sites excluding steroid dienone is 1. The molecule has 0 spiro atoms. The van der Waals surface area contributed by atoms with E-state index in [4.69, 9.17) is 4.74 Å². The lowest BCUT2D eigenvalue weighted by molar-refractivity contribution is 0.414. The number of anilines is 2. The zero-order valence-electron chi connectivity index (χ0n) is 16.5. The fourth-order valence-corrected chi connectivity index (χ4v) is 2.45. The van der Waals surface area contributed by atoms with Crippen molar-refractivity contribution >= 4 is 23.4 Å². The van der Waals surface area contributed by atoms with Gasteiger partial charge in [-0.3, -0.25) is 9.98 Å². The number of nitrogens with zero attached hydrogens (tertiary/aromatic N) is 3. The van der Waals surface area contributed by atoms with Crippen molar-refractivity contribution in [3.8, 4) is 5.75 Å². The molecule has 0 radical (unpaired) electrons. The van der Waals surface area contributed by atoms with Gasteiger partial charge in [-0.25, -0.2) is 4.99 Å². The van der Waals surface area contributed by atoms with Crippen molar-refractivity contribution in [3.05, 3.63) is 60.1 Å². The Morgan fingerprint density at radius 1 is 1.22 bits per heavy atom. The van der Waals surface area contributed by atoms with E-state index < -0.39 is 0 Å². The molecule has 6 nitrogen and oxygen atoms in total. The van der Waals surface area contributed by atoms with E-state index >= 15 is 0 Å². The second kappa shape index (κ2) is 10.1. The van der Waals surface area contributed by atoms with Gasteiger partial charge in [0.1, 0.15) is 5.75 Å². The largest absolute Gasteiger partial charge is 0.497 e. The van der Waals surface area contributed by atoms with Crippen LogP contribution in [0.4, 0.5) is 11.4 Å². The third-order valence-electron chi connectivity index (χ3n) is 3.77. The Labute approximate surface area is 161 Å². The van der Waals surface area contributed by atoms with Crippen molar-refractivity contribution in [3.63, 3.8) is 0 Å². The van der Waals surface area contributed by atoms with Gasteiger partial charge in [0.05, 0.1) is 24.9 Å². The molecule has 0 saturated carbocycles. The summed E-state index contributed by atoms with van der Waals surface area (Å²) in [7, 11) is 3.35. The molecule has 2 rings (SSSR count). The Morgan fingerprint density at radius 3 is 2.70 bits per heavy atom. The minimum atomic E-state index is 0.405. The molecular weight excluding hydrogens is 338 g/mol. The van der Waals surface area contributed by atoms with Gasteiger partial charge in [-0.15, -0.1) is 0 Å². The summed E-state index contributed by atoms with van der Waals surface area (Å²) in [6, 6.07) is 10.2. The van der Waals surface area contributed by atoms with Crippen LogP contribution in [0.5, 0.6) is 5.75 Å². The summed E-state index contributed by atoms with van der Waals surface area (Å²) in [4.78, 5) is 12.8. The predicted octanol–water partition coefficient (Wildman–Crippen LogP) is 4.29. The maximum atomic E-state index is 5.22. The fourth-order valence-electron chi connectivity index (χ4n) is 2.45. The van der Waals surface area contributed by atoms with Crippen molar-refractivity contribution < 1.29 is 4.74 Å². The number of pyridine rings is 1. The fraction of sp³-hybridized carbons (Fsp3) is 0.286. The van der Waals surface area contributed by atoms with Crippen LogP contribution >= 0.6 is 0 Å². The van der Waals surface area contributed by atoms with Crippen molar-refractivity contribution in [2.45, 2.75) is 26.8 Å². The normalized spacial score (nSPS) is 12.1. The number of ether oxygens (including phenoxy) is 1. The average Bonchev–Trinajstić information content (AvgIpc) is 2.66. The van der Waals surface area contributed by atoms with Crippen LogP contribution in [-0.4, -0.2) is 37.2 Å². The number of hydrogen-bond donors (Lipinski definition) is 2. The first kappa shape index (κ1) is 20.2. The standard InChI is InChI=1S/C21H27N5O/c1-15(2)26-19-7-6-17(12-16(19)3)25-14-23-10-9-20(22-4)21-13-18(27-5)8-11-24-21/h6-15,26H,1-5H3,(H,23,25). The Balaban J connectivity index is 1.97. The number of hydrogen-bond acceptors (Lipinski definition) is 5. The van der Waals surface area contributed by atoms with Gasteiger partial charge in [-0.2, -0.15) is 0 Å². The van der Waals surface area contributed by atoms with E-state index in [1.807, 2.05) is 12.1 Å². The highest BCUT2D eigenvalue weighted by atomic mass is 16.5. The van der Waals surface area contributed by atoms with Crippen molar-refractivity contribution in [1.29, 1.82) is 0 Å². The number of rotatable bonds is 8. The van der Waals surface area contributed by atoms with Crippen LogP contribution in [0, 0.1) is 6.92 Å². The first-order valence-electron chi connectivity index (χ1n) is 8.82. The Bertz CT molecular complexity index is 840. The lowest BCUT2D eigenvalue weighted by Gasteiger charge is -2.13.